The minimum atomic E-state index is -0.270. The Kier molecular flexibility index (Phi) is 8.24. The number of nitrogens with zero attached hydrogens (tertiary/aromatic N) is 2. The molecule has 35 heavy (non-hydrogen) atoms. The number of benzene rings is 3. The van der Waals surface area contributed by atoms with E-state index in [0.717, 1.165) is 43.9 Å². The molecule has 0 bridgehead atoms. The summed E-state index contributed by atoms with van der Waals surface area (Å²) in [6, 6.07) is 22.6. The van der Waals surface area contributed by atoms with Crippen LogP contribution in [-0.4, -0.2) is 16.7 Å². The van der Waals surface area contributed by atoms with Crippen LogP contribution in [-0.2, 0) is 5.75 Å². The molecule has 1 N–H and O–H groups in total. The topological polar surface area (TPSA) is 46.4 Å². The lowest BCUT2D eigenvalue weighted by Crippen LogP contribution is -2.17. The molecule has 0 atom stereocenters. The third kappa shape index (κ3) is 6.50. The van der Waals surface area contributed by atoms with E-state index in [1.165, 1.54) is 0 Å². The van der Waals surface area contributed by atoms with E-state index in [0.29, 0.717) is 15.6 Å². The van der Waals surface area contributed by atoms with Gasteiger partial charge in [0.1, 0.15) is 0 Å². The first-order valence-corrected chi connectivity index (χ1v) is 12.9. The maximum atomic E-state index is 12.5. The Bertz CT molecular complexity index is 1360. The highest BCUT2D eigenvalue weighted by Crippen LogP contribution is 2.26. The molecule has 0 unspecified atom stereocenters. The SMILES string of the molecule is Cc1cc(/C=N\NC(=O)c2ccc(CSc3ccc(Cl)cc3)cc2)c(C)n1-c1cc(Cl)cc(Cl)c1. The van der Waals surface area contributed by atoms with Crippen LogP contribution in [0.15, 0.2) is 82.8 Å². The van der Waals surface area contributed by atoms with Gasteiger partial charge in [0.15, 0.2) is 0 Å². The van der Waals surface area contributed by atoms with E-state index in [9.17, 15) is 4.79 Å². The van der Waals surface area contributed by atoms with Crippen LogP contribution in [0, 0.1) is 13.8 Å². The lowest BCUT2D eigenvalue weighted by atomic mass is 10.1. The van der Waals surface area contributed by atoms with Crippen molar-refractivity contribution >= 4 is 58.7 Å². The molecule has 0 aliphatic heterocycles. The summed E-state index contributed by atoms with van der Waals surface area (Å²) in [6.45, 7) is 3.97. The Morgan fingerprint density at radius 1 is 0.914 bits per heavy atom. The fourth-order valence-electron chi connectivity index (χ4n) is 3.66. The predicted octanol–water partition coefficient (Wildman–Crippen LogP) is 8.11. The van der Waals surface area contributed by atoms with E-state index in [1.54, 1.807) is 36.2 Å². The highest BCUT2D eigenvalue weighted by atomic mass is 35.5. The zero-order valence-corrected chi connectivity index (χ0v) is 22.1. The average Bonchev–Trinajstić information content (AvgIpc) is 3.11. The molecule has 0 fully saturated rings. The van der Waals surface area contributed by atoms with Crippen molar-refractivity contribution in [2.24, 2.45) is 5.10 Å². The number of carbonyl (C=O) groups is 1. The quantitative estimate of drug-likeness (QED) is 0.146. The highest BCUT2D eigenvalue weighted by molar-refractivity contribution is 7.98. The summed E-state index contributed by atoms with van der Waals surface area (Å²) in [5.41, 5.74) is 7.99. The standard InChI is InChI=1S/C27H22Cl3N3OS/c1-17-11-21(18(2)33(17)25-13-23(29)12-24(30)14-25)15-31-32-27(34)20-5-3-19(4-6-20)16-35-26-9-7-22(28)8-10-26/h3-15H,16H2,1-2H3,(H,32,34)/b31-15-. The maximum Gasteiger partial charge on any atom is 0.271 e. The van der Waals surface area contributed by atoms with Crippen LogP contribution in [0.2, 0.25) is 15.1 Å². The molecule has 0 aliphatic rings. The summed E-state index contributed by atoms with van der Waals surface area (Å²) in [5, 5.41) is 6.02. The van der Waals surface area contributed by atoms with Crippen molar-refractivity contribution in [1.29, 1.82) is 0 Å². The molecule has 4 rings (SSSR count). The minimum Gasteiger partial charge on any atom is -0.318 e. The van der Waals surface area contributed by atoms with Crippen molar-refractivity contribution in [2.45, 2.75) is 24.5 Å². The molecule has 1 amide bonds. The van der Waals surface area contributed by atoms with Crippen molar-refractivity contribution in [3.8, 4) is 5.69 Å². The van der Waals surface area contributed by atoms with Gasteiger partial charge in [-0.3, -0.25) is 4.79 Å². The van der Waals surface area contributed by atoms with Gasteiger partial charge in [0.25, 0.3) is 5.91 Å². The Morgan fingerprint density at radius 3 is 2.23 bits per heavy atom. The monoisotopic (exact) mass is 541 g/mol. The second-order valence-electron chi connectivity index (χ2n) is 7.93. The molecule has 4 aromatic rings. The molecule has 3 aromatic carbocycles. The first-order chi connectivity index (χ1) is 16.8. The lowest BCUT2D eigenvalue weighted by molar-refractivity contribution is 0.0955. The number of amides is 1. The van der Waals surface area contributed by atoms with E-state index < -0.39 is 0 Å². The Labute approximate surface area is 223 Å². The van der Waals surface area contributed by atoms with Crippen molar-refractivity contribution in [1.82, 2.24) is 9.99 Å². The average molecular weight is 543 g/mol. The van der Waals surface area contributed by atoms with Gasteiger partial charge >= 0.3 is 0 Å². The van der Waals surface area contributed by atoms with Crippen molar-refractivity contribution < 1.29 is 4.79 Å². The summed E-state index contributed by atoms with van der Waals surface area (Å²) < 4.78 is 2.04. The second kappa shape index (κ2) is 11.4. The molecule has 1 heterocycles. The fraction of sp³-hybridized carbons (Fsp3) is 0.111. The molecule has 0 saturated carbocycles. The predicted molar refractivity (Wildman–Crippen MR) is 148 cm³/mol. The molecule has 0 saturated heterocycles. The van der Waals surface area contributed by atoms with Gasteiger partial charge in [0.2, 0.25) is 0 Å². The Balaban J connectivity index is 1.38. The number of hydrazone groups is 1. The third-order valence-electron chi connectivity index (χ3n) is 5.38. The van der Waals surface area contributed by atoms with E-state index in [1.807, 2.05) is 73.0 Å². The second-order valence-corrected chi connectivity index (χ2v) is 10.3. The Morgan fingerprint density at radius 2 is 1.57 bits per heavy atom. The molecule has 178 valence electrons. The van der Waals surface area contributed by atoms with Crippen LogP contribution >= 0.6 is 46.6 Å². The smallest absolute Gasteiger partial charge is 0.271 e. The number of aryl methyl sites for hydroxylation is 1. The van der Waals surface area contributed by atoms with E-state index in [4.69, 9.17) is 34.8 Å². The van der Waals surface area contributed by atoms with Gasteiger partial charge in [0, 0.05) is 53.9 Å². The van der Waals surface area contributed by atoms with Gasteiger partial charge in [-0.15, -0.1) is 11.8 Å². The fourth-order valence-corrected chi connectivity index (χ4v) is 5.15. The zero-order valence-electron chi connectivity index (χ0n) is 19.1. The van der Waals surface area contributed by atoms with Crippen molar-refractivity contribution in [3.63, 3.8) is 0 Å². The van der Waals surface area contributed by atoms with Crippen molar-refractivity contribution in [3.05, 3.63) is 116 Å². The maximum absolute atomic E-state index is 12.5. The van der Waals surface area contributed by atoms with Crippen LogP contribution in [0.5, 0.6) is 0 Å². The number of hydrogen-bond acceptors (Lipinski definition) is 3. The molecule has 0 aliphatic carbocycles. The molecule has 8 heteroatoms. The largest absolute Gasteiger partial charge is 0.318 e. The van der Waals surface area contributed by atoms with Gasteiger partial charge in [-0.2, -0.15) is 5.10 Å². The van der Waals surface area contributed by atoms with Crippen LogP contribution in [0.4, 0.5) is 0 Å². The van der Waals surface area contributed by atoms with Gasteiger partial charge in [-0.1, -0.05) is 46.9 Å². The lowest BCUT2D eigenvalue weighted by Gasteiger charge is -2.10. The van der Waals surface area contributed by atoms with Gasteiger partial charge in [-0.05, 0) is 80.1 Å². The summed E-state index contributed by atoms with van der Waals surface area (Å²) in [5.74, 6) is 0.531. The summed E-state index contributed by atoms with van der Waals surface area (Å²) in [6.07, 6.45) is 1.64. The number of hydrogen-bond donors (Lipinski definition) is 1. The molecule has 1 aromatic heterocycles. The Hall–Kier alpha value is -2.70. The number of aromatic nitrogens is 1. The highest BCUT2D eigenvalue weighted by Gasteiger charge is 2.11. The number of nitrogens with one attached hydrogen (secondary N) is 1. The number of rotatable bonds is 7. The molecule has 4 nitrogen and oxygen atoms in total. The van der Waals surface area contributed by atoms with Gasteiger partial charge in [-0.25, -0.2) is 5.43 Å². The van der Waals surface area contributed by atoms with E-state index >= 15 is 0 Å². The first-order valence-electron chi connectivity index (χ1n) is 10.8. The summed E-state index contributed by atoms with van der Waals surface area (Å²) in [4.78, 5) is 13.7. The van der Waals surface area contributed by atoms with E-state index in [-0.39, 0.29) is 5.91 Å². The first kappa shape index (κ1) is 25.4. The van der Waals surface area contributed by atoms with Crippen LogP contribution in [0.25, 0.3) is 5.69 Å². The van der Waals surface area contributed by atoms with Crippen LogP contribution in [0.1, 0.15) is 32.9 Å². The number of carbonyl (C=O) groups excluding carboxylic acids is 1. The zero-order chi connectivity index (χ0) is 24.9. The van der Waals surface area contributed by atoms with Gasteiger partial charge in [0.05, 0.1) is 6.21 Å². The van der Waals surface area contributed by atoms with Crippen LogP contribution < -0.4 is 5.43 Å². The third-order valence-corrected chi connectivity index (χ3v) is 7.15. The molecule has 0 radical (unpaired) electrons. The van der Waals surface area contributed by atoms with Crippen molar-refractivity contribution in [2.75, 3.05) is 0 Å². The normalized spacial score (nSPS) is 11.2. The van der Waals surface area contributed by atoms with Crippen LogP contribution in [0.3, 0.4) is 0 Å². The minimum absolute atomic E-state index is 0.270. The summed E-state index contributed by atoms with van der Waals surface area (Å²) >= 11 is 20.0. The number of thioether (sulfide) groups is 1. The molecular formula is C27H22Cl3N3OS. The van der Waals surface area contributed by atoms with Gasteiger partial charge < -0.3 is 4.57 Å². The van der Waals surface area contributed by atoms with E-state index in [2.05, 4.69) is 10.5 Å². The molecular weight excluding hydrogens is 521 g/mol. The number of halogens is 3. The molecule has 0 spiro atoms. The summed E-state index contributed by atoms with van der Waals surface area (Å²) in [7, 11) is 0.